The summed E-state index contributed by atoms with van der Waals surface area (Å²) in [7, 11) is 0. The minimum Gasteiger partial charge on any atom is -0.347 e. The van der Waals surface area contributed by atoms with Gasteiger partial charge in [-0.15, -0.1) is 0 Å². The van der Waals surface area contributed by atoms with E-state index in [4.69, 9.17) is 15.2 Å². The molecule has 0 aromatic rings. The van der Waals surface area contributed by atoms with E-state index in [0.29, 0.717) is 25.0 Å². The number of ether oxygens (including phenoxy) is 2. The van der Waals surface area contributed by atoms with E-state index >= 15 is 0 Å². The van der Waals surface area contributed by atoms with Crippen molar-refractivity contribution in [2.75, 3.05) is 13.2 Å². The van der Waals surface area contributed by atoms with E-state index in [1.54, 1.807) is 0 Å². The van der Waals surface area contributed by atoms with Gasteiger partial charge in [0.05, 0.1) is 12.7 Å². The van der Waals surface area contributed by atoms with Gasteiger partial charge >= 0.3 is 0 Å². The molecule has 0 aromatic heterocycles. The van der Waals surface area contributed by atoms with Crippen LogP contribution in [0.15, 0.2) is 0 Å². The Labute approximate surface area is 85.9 Å². The second-order valence-electron chi connectivity index (χ2n) is 4.89. The number of hydrogen-bond donors (Lipinski definition) is 1. The molecule has 82 valence electrons. The van der Waals surface area contributed by atoms with Gasteiger partial charge in [0.2, 0.25) is 0 Å². The normalized spacial score (nSPS) is 48.6. The fourth-order valence-corrected chi connectivity index (χ4v) is 2.61. The first-order valence-electron chi connectivity index (χ1n) is 5.68. The third-order valence-electron chi connectivity index (χ3n) is 3.62. The van der Waals surface area contributed by atoms with Gasteiger partial charge in [0, 0.05) is 18.9 Å². The summed E-state index contributed by atoms with van der Waals surface area (Å²) in [5.74, 6) is 0.916. The summed E-state index contributed by atoms with van der Waals surface area (Å²) in [6.45, 7) is 5.75. The van der Waals surface area contributed by atoms with Crippen LogP contribution in [0.4, 0.5) is 0 Å². The zero-order chi connectivity index (χ0) is 10.2. The highest BCUT2D eigenvalue weighted by atomic mass is 16.7. The molecule has 1 aliphatic carbocycles. The Hall–Kier alpha value is -0.120. The van der Waals surface area contributed by atoms with Crippen LogP contribution < -0.4 is 5.73 Å². The molecule has 2 N–H and O–H groups in total. The topological polar surface area (TPSA) is 44.5 Å². The van der Waals surface area contributed by atoms with Crippen molar-refractivity contribution in [3.05, 3.63) is 0 Å². The van der Waals surface area contributed by atoms with E-state index in [-0.39, 0.29) is 11.9 Å². The van der Waals surface area contributed by atoms with Crippen LogP contribution in [0.3, 0.4) is 0 Å². The number of rotatable bonds is 1. The van der Waals surface area contributed by atoms with E-state index in [0.717, 1.165) is 6.42 Å². The van der Waals surface area contributed by atoms with Crippen molar-refractivity contribution in [1.82, 2.24) is 0 Å². The maximum Gasteiger partial charge on any atom is 0.171 e. The Kier molecular flexibility index (Phi) is 2.82. The minimum atomic E-state index is -0.304. The molecule has 3 nitrogen and oxygen atoms in total. The van der Waals surface area contributed by atoms with Gasteiger partial charge in [0.15, 0.2) is 5.79 Å². The molecule has 14 heavy (non-hydrogen) atoms. The third kappa shape index (κ3) is 1.69. The molecule has 2 aliphatic rings. The highest BCUT2D eigenvalue weighted by Gasteiger charge is 2.48. The van der Waals surface area contributed by atoms with Crippen LogP contribution in [-0.2, 0) is 9.47 Å². The van der Waals surface area contributed by atoms with Gasteiger partial charge < -0.3 is 15.2 Å². The van der Waals surface area contributed by atoms with Crippen LogP contribution >= 0.6 is 0 Å². The SMILES string of the molecule is CC1CCC(C)C2(C1)OCC(CN)O2. The zero-order valence-electron chi connectivity index (χ0n) is 9.16. The van der Waals surface area contributed by atoms with Gasteiger partial charge in [0.25, 0.3) is 0 Å². The van der Waals surface area contributed by atoms with E-state index in [9.17, 15) is 0 Å². The van der Waals surface area contributed by atoms with Gasteiger partial charge in [-0.25, -0.2) is 0 Å². The molecule has 0 bridgehead atoms. The summed E-state index contributed by atoms with van der Waals surface area (Å²) in [4.78, 5) is 0. The lowest BCUT2D eigenvalue weighted by Crippen LogP contribution is -2.43. The molecule has 1 heterocycles. The van der Waals surface area contributed by atoms with Crippen LogP contribution in [0.5, 0.6) is 0 Å². The molecule has 0 radical (unpaired) electrons. The summed E-state index contributed by atoms with van der Waals surface area (Å²) in [6.07, 6.45) is 3.65. The summed E-state index contributed by atoms with van der Waals surface area (Å²) >= 11 is 0. The first-order valence-corrected chi connectivity index (χ1v) is 5.68. The number of hydrogen-bond acceptors (Lipinski definition) is 3. The van der Waals surface area contributed by atoms with Crippen molar-refractivity contribution in [2.24, 2.45) is 17.6 Å². The lowest BCUT2D eigenvalue weighted by Gasteiger charge is -2.40. The molecule has 2 rings (SSSR count). The zero-order valence-corrected chi connectivity index (χ0v) is 9.16. The van der Waals surface area contributed by atoms with E-state index < -0.39 is 0 Å². The Morgan fingerprint density at radius 3 is 2.79 bits per heavy atom. The van der Waals surface area contributed by atoms with E-state index in [2.05, 4.69) is 13.8 Å². The molecule has 1 aliphatic heterocycles. The minimum absolute atomic E-state index is 0.114. The van der Waals surface area contributed by atoms with Gasteiger partial charge in [-0.3, -0.25) is 0 Å². The van der Waals surface area contributed by atoms with E-state index in [1.165, 1.54) is 12.8 Å². The van der Waals surface area contributed by atoms with Crippen LogP contribution in [0.25, 0.3) is 0 Å². The fraction of sp³-hybridized carbons (Fsp3) is 1.00. The predicted octanol–water partition coefficient (Wildman–Crippen LogP) is 1.51. The third-order valence-corrected chi connectivity index (χ3v) is 3.62. The first kappa shape index (κ1) is 10.4. The Morgan fingerprint density at radius 2 is 2.14 bits per heavy atom. The Balaban J connectivity index is 2.06. The van der Waals surface area contributed by atoms with Gasteiger partial charge in [-0.1, -0.05) is 20.3 Å². The van der Waals surface area contributed by atoms with Gasteiger partial charge in [-0.2, -0.15) is 0 Å². The van der Waals surface area contributed by atoms with Crippen LogP contribution in [0.2, 0.25) is 0 Å². The Bertz CT molecular complexity index is 209. The smallest absolute Gasteiger partial charge is 0.171 e. The average molecular weight is 199 g/mol. The van der Waals surface area contributed by atoms with Crippen molar-refractivity contribution in [3.8, 4) is 0 Å². The van der Waals surface area contributed by atoms with Crippen LogP contribution in [0, 0.1) is 11.8 Å². The molecule has 2 fully saturated rings. The van der Waals surface area contributed by atoms with Gasteiger partial charge in [-0.05, 0) is 12.3 Å². The molecule has 1 saturated carbocycles. The maximum absolute atomic E-state index is 5.97. The monoisotopic (exact) mass is 199 g/mol. The highest BCUT2D eigenvalue weighted by Crippen LogP contribution is 2.43. The molecular weight excluding hydrogens is 178 g/mol. The molecule has 1 spiro atoms. The maximum atomic E-state index is 5.97. The standard InChI is InChI=1S/C11H21NO2/c1-8-3-4-9(2)11(5-8)13-7-10(6-12)14-11/h8-10H,3-7,12H2,1-2H3. The van der Waals surface area contributed by atoms with Gasteiger partial charge in [0.1, 0.15) is 0 Å². The quantitative estimate of drug-likeness (QED) is 0.696. The molecule has 0 aromatic carbocycles. The molecule has 4 atom stereocenters. The van der Waals surface area contributed by atoms with Crippen molar-refractivity contribution >= 4 is 0 Å². The number of nitrogens with two attached hydrogens (primary N) is 1. The highest BCUT2D eigenvalue weighted by molar-refractivity contribution is 4.89. The van der Waals surface area contributed by atoms with Crippen molar-refractivity contribution in [1.29, 1.82) is 0 Å². The lowest BCUT2D eigenvalue weighted by atomic mass is 9.79. The van der Waals surface area contributed by atoms with Crippen molar-refractivity contribution in [3.63, 3.8) is 0 Å². The molecule has 4 unspecified atom stereocenters. The molecule has 1 saturated heterocycles. The summed E-state index contributed by atoms with van der Waals surface area (Å²) in [6, 6.07) is 0. The average Bonchev–Trinajstić information content (AvgIpc) is 2.57. The molecule has 0 amide bonds. The summed E-state index contributed by atoms with van der Waals surface area (Å²) in [5, 5.41) is 0. The van der Waals surface area contributed by atoms with E-state index in [1.807, 2.05) is 0 Å². The summed E-state index contributed by atoms with van der Waals surface area (Å²) < 4.78 is 11.8. The lowest BCUT2D eigenvalue weighted by molar-refractivity contribution is -0.224. The fourth-order valence-electron chi connectivity index (χ4n) is 2.61. The predicted molar refractivity (Wildman–Crippen MR) is 54.8 cm³/mol. The van der Waals surface area contributed by atoms with Crippen molar-refractivity contribution in [2.45, 2.75) is 45.0 Å². The second kappa shape index (κ2) is 3.80. The van der Waals surface area contributed by atoms with Crippen molar-refractivity contribution < 1.29 is 9.47 Å². The summed E-state index contributed by atoms with van der Waals surface area (Å²) in [5.41, 5.74) is 5.60. The Morgan fingerprint density at radius 1 is 1.36 bits per heavy atom. The molecular formula is C11H21NO2. The van der Waals surface area contributed by atoms with Crippen LogP contribution in [-0.4, -0.2) is 25.0 Å². The molecule has 3 heteroatoms. The largest absolute Gasteiger partial charge is 0.347 e. The second-order valence-corrected chi connectivity index (χ2v) is 4.89. The first-order chi connectivity index (χ1) is 6.66. The van der Waals surface area contributed by atoms with Crippen LogP contribution in [0.1, 0.15) is 33.1 Å².